The van der Waals surface area contributed by atoms with E-state index in [1.54, 1.807) is 6.07 Å². The molecule has 0 unspecified atom stereocenters. The molecule has 0 bridgehead atoms. The molecule has 0 aliphatic carbocycles. The highest BCUT2D eigenvalue weighted by atomic mass is 19.1. The number of nitrogens with zero attached hydrogens (tertiary/aromatic N) is 2. The second kappa shape index (κ2) is 6.84. The van der Waals surface area contributed by atoms with Gasteiger partial charge in [0.05, 0.1) is 6.61 Å². The van der Waals surface area contributed by atoms with Gasteiger partial charge in [-0.05, 0) is 43.3 Å². The Balaban J connectivity index is 1.94. The summed E-state index contributed by atoms with van der Waals surface area (Å²) in [5.41, 5.74) is 7.39. The van der Waals surface area contributed by atoms with E-state index in [0.717, 1.165) is 44.7 Å². The number of hydrogen-bond donors (Lipinski definition) is 2. The number of nitrogen functional groups attached to an aromatic ring is 1. The highest BCUT2D eigenvalue weighted by Gasteiger charge is 2.15. The average molecular weight is 267 g/mol. The Kier molecular flexibility index (Phi) is 5.13. The maximum absolute atomic E-state index is 13.2. The molecular formula is C14H22FN3O. The first-order valence-electron chi connectivity index (χ1n) is 6.78. The average Bonchev–Trinajstić information content (AvgIpc) is 2.60. The summed E-state index contributed by atoms with van der Waals surface area (Å²) in [6.07, 6.45) is 1.06. The van der Waals surface area contributed by atoms with Crippen LogP contribution in [0, 0.1) is 5.82 Å². The summed E-state index contributed by atoms with van der Waals surface area (Å²) in [6, 6.07) is 4.54. The monoisotopic (exact) mass is 267 g/mol. The van der Waals surface area contributed by atoms with E-state index in [0.29, 0.717) is 12.2 Å². The number of aliphatic hydroxyl groups is 1. The summed E-state index contributed by atoms with van der Waals surface area (Å²) >= 11 is 0. The number of halogens is 1. The van der Waals surface area contributed by atoms with Crippen molar-refractivity contribution in [1.82, 2.24) is 9.80 Å². The number of β-amino-alcohol motifs (C(OH)–C–C–N with tert-alkyl or cyclic N) is 1. The Labute approximate surface area is 113 Å². The van der Waals surface area contributed by atoms with Crippen LogP contribution in [0.5, 0.6) is 0 Å². The number of rotatable bonds is 4. The minimum Gasteiger partial charge on any atom is -0.398 e. The molecule has 3 N–H and O–H groups in total. The SMILES string of the molecule is Nc1ccc(F)cc1CN1CCCN(CCO)CC1. The molecule has 1 aliphatic rings. The molecule has 1 aromatic rings. The molecule has 5 heteroatoms. The van der Waals surface area contributed by atoms with Gasteiger partial charge in [-0.1, -0.05) is 0 Å². The summed E-state index contributed by atoms with van der Waals surface area (Å²) in [5.74, 6) is -0.235. The lowest BCUT2D eigenvalue weighted by Gasteiger charge is -2.21. The summed E-state index contributed by atoms with van der Waals surface area (Å²) in [7, 11) is 0. The van der Waals surface area contributed by atoms with Gasteiger partial charge in [-0.2, -0.15) is 0 Å². The molecule has 4 nitrogen and oxygen atoms in total. The van der Waals surface area contributed by atoms with Gasteiger partial charge < -0.3 is 10.8 Å². The predicted octanol–water partition coefficient (Wildman–Crippen LogP) is 0.908. The smallest absolute Gasteiger partial charge is 0.123 e. The largest absolute Gasteiger partial charge is 0.398 e. The molecule has 2 rings (SSSR count). The molecule has 1 aliphatic heterocycles. The molecule has 0 aromatic heterocycles. The van der Waals surface area contributed by atoms with Crippen molar-refractivity contribution in [1.29, 1.82) is 0 Å². The van der Waals surface area contributed by atoms with Crippen molar-refractivity contribution in [3.8, 4) is 0 Å². The Morgan fingerprint density at radius 2 is 1.89 bits per heavy atom. The van der Waals surface area contributed by atoms with Gasteiger partial charge in [0, 0.05) is 31.9 Å². The maximum Gasteiger partial charge on any atom is 0.123 e. The molecular weight excluding hydrogens is 245 g/mol. The summed E-state index contributed by atoms with van der Waals surface area (Å²) < 4.78 is 13.2. The van der Waals surface area contributed by atoms with Gasteiger partial charge in [-0.25, -0.2) is 4.39 Å². The molecule has 0 spiro atoms. The Hall–Kier alpha value is -1.17. The van der Waals surface area contributed by atoms with Crippen LogP contribution < -0.4 is 5.73 Å². The summed E-state index contributed by atoms with van der Waals surface area (Å²) in [5, 5.41) is 8.96. The lowest BCUT2D eigenvalue weighted by Crippen LogP contribution is -2.32. The number of benzene rings is 1. The van der Waals surface area contributed by atoms with Gasteiger partial charge in [0.25, 0.3) is 0 Å². The zero-order valence-electron chi connectivity index (χ0n) is 11.2. The zero-order valence-corrected chi connectivity index (χ0v) is 11.2. The number of hydrogen-bond acceptors (Lipinski definition) is 4. The molecule has 0 saturated carbocycles. The lowest BCUT2D eigenvalue weighted by atomic mass is 10.1. The van der Waals surface area contributed by atoms with Crippen LogP contribution in [0.25, 0.3) is 0 Å². The van der Waals surface area contributed by atoms with Crippen molar-refractivity contribution in [2.24, 2.45) is 0 Å². The molecule has 1 heterocycles. The number of anilines is 1. The van der Waals surface area contributed by atoms with Gasteiger partial charge >= 0.3 is 0 Å². The minimum absolute atomic E-state index is 0.205. The zero-order chi connectivity index (χ0) is 13.7. The fourth-order valence-corrected chi connectivity index (χ4v) is 2.50. The quantitative estimate of drug-likeness (QED) is 0.796. The molecule has 1 saturated heterocycles. The van der Waals surface area contributed by atoms with Gasteiger partial charge in [0.2, 0.25) is 0 Å². The highest BCUT2D eigenvalue weighted by molar-refractivity contribution is 5.46. The Morgan fingerprint density at radius 3 is 2.68 bits per heavy atom. The fourth-order valence-electron chi connectivity index (χ4n) is 2.50. The Bertz CT molecular complexity index is 414. The molecule has 1 fully saturated rings. The van der Waals surface area contributed by atoms with Crippen molar-refractivity contribution in [3.63, 3.8) is 0 Å². The topological polar surface area (TPSA) is 52.7 Å². The van der Waals surface area contributed by atoms with E-state index in [2.05, 4.69) is 9.80 Å². The molecule has 0 radical (unpaired) electrons. The van der Waals surface area contributed by atoms with Crippen molar-refractivity contribution in [2.45, 2.75) is 13.0 Å². The van der Waals surface area contributed by atoms with Crippen LogP contribution in [0.3, 0.4) is 0 Å². The third-order valence-corrected chi connectivity index (χ3v) is 3.60. The van der Waals surface area contributed by atoms with Crippen LogP contribution in [0.1, 0.15) is 12.0 Å². The first kappa shape index (κ1) is 14.2. The Morgan fingerprint density at radius 1 is 1.16 bits per heavy atom. The summed E-state index contributed by atoms with van der Waals surface area (Å²) in [6.45, 7) is 5.49. The number of nitrogens with two attached hydrogens (primary N) is 1. The van der Waals surface area contributed by atoms with Crippen LogP contribution in [0.4, 0.5) is 10.1 Å². The van der Waals surface area contributed by atoms with Crippen LogP contribution in [0.2, 0.25) is 0 Å². The van der Waals surface area contributed by atoms with E-state index in [-0.39, 0.29) is 12.4 Å². The molecule has 106 valence electrons. The fraction of sp³-hybridized carbons (Fsp3) is 0.571. The standard InChI is InChI=1S/C14H22FN3O/c15-13-2-3-14(16)12(10-13)11-18-5-1-4-17(6-7-18)8-9-19/h2-3,10,19H,1,4-9,11,16H2. The number of aliphatic hydroxyl groups excluding tert-OH is 1. The molecule has 1 aromatic carbocycles. The van der Waals surface area contributed by atoms with Crippen molar-refractivity contribution in [2.75, 3.05) is 45.1 Å². The second-order valence-electron chi connectivity index (χ2n) is 5.04. The third kappa shape index (κ3) is 4.16. The van der Waals surface area contributed by atoms with Crippen molar-refractivity contribution >= 4 is 5.69 Å². The van der Waals surface area contributed by atoms with Crippen LogP contribution in [-0.4, -0.2) is 54.2 Å². The first-order chi connectivity index (χ1) is 9.19. The van der Waals surface area contributed by atoms with Gasteiger partial charge in [-0.3, -0.25) is 9.80 Å². The van der Waals surface area contributed by atoms with E-state index in [1.165, 1.54) is 12.1 Å². The van der Waals surface area contributed by atoms with E-state index < -0.39 is 0 Å². The molecule has 0 amide bonds. The normalized spacial score (nSPS) is 18.4. The van der Waals surface area contributed by atoms with Crippen LogP contribution in [0.15, 0.2) is 18.2 Å². The third-order valence-electron chi connectivity index (χ3n) is 3.60. The van der Waals surface area contributed by atoms with E-state index in [4.69, 9.17) is 10.8 Å². The van der Waals surface area contributed by atoms with Gasteiger partial charge in [0.1, 0.15) is 5.82 Å². The van der Waals surface area contributed by atoms with E-state index in [9.17, 15) is 4.39 Å². The predicted molar refractivity (Wildman–Crippen MR) is 74.2 cm³/mol. The van der Waals surface area contributed by atoms with Crippen LogP contribution in [-0.2, 0) is 6.54 Å². The van der Waals surface area contributed by atoms with Gasteiger partial charge in [-0.15, -0.1) is 0 Å². The van der Waals surface area contributed by atoms with E-state index in [1.807, 2.05) is 0 Å². The first-order valence-corrected chi connectivity index (χ1v) is 6.78. The van der Waals surface area contributed by atoms with Crippen molar-refractivity contribution < 1.29 is 9.50 Å². The maximum atomic E-state index is 13.2. The lowest BCUT2D eigenvalue weighted by molar-refractivity contribution is 0.196. The minimum atomic E-state index is -0.235. The molecule has 19 heavy (non-hydrogen) atoms. The van der Waals surface area contributed by atoms with E-state index >= 15 is 0 Å². The molecule has 0 atom stereocenters. The van der Waals surface area contributed by atoms with Crippen LogP contribution >= 0.6 is 0 Å². The van der Waals surface area contributed by atoms with Crippen molar-refractivity contribution in [3.05, 3.63) is 29.6 Å². The van der Waals surface area contributed by atoms with Gasteiger partial charge in [0.15, 0.2) is 0 Å². The summed E-state index contributed by atoms with van der Waals surface area (Å²) in [4.78, 5) is 4.55. The highest BCUT2D eigenvalue weighted by Crippen LogP contribution is 2.16. The second-order valence-corrected chi connectivity index (χ2v) is 5.04.